The summed E-state index contributed by atoms with van der Waals surface area (Å²) >= 11 is 0. The summed E-state index contributed by atoms with van der Waals surface area (Å²) in [5, 5.41) is 23.5. The predicted octanol–water partition coefficient (Wildman–Crippen LogP) is -1.02. The Morgan fingerprint density at radius 2 is 1.95 bits per heavy atom. The van der Waals surface area contributed by atoms with Crippen LogP contribution in [0.1, 0.15) is 44.7 Å². The zero-order chi connectivity index (χ0) is 29.3. The second kappa shape index (κ2) is 11.9. The van der Waals surface area contributed by atoms with Crippen molar-refractivity contribution in [3.8, 4) is 11.8 Å². The fourth-order valence-electron chi connectivity index (χ4n) is 5.25. The molecule has 3 saturated heterocycles. The van der Waals surface area contributed by atoms with Gasteiger partial charge < -0.3 is 40.5 Å². The van der Waals surface area contributed by atoms with E-state index >= 15 is 0 Å². The molecule has 5 unspecified atom stereocenters. The number of nitrogens with one attached hydrogen (secondary N) is 1. The maximum Gasteiger partial charge on any atom is 0.410 e. The minimum atomic E-state index is -1.44. The number of likely N-dealkylation sites (N-methyl/N-ethyl adjacent to an activating group) is 2. The van der Waals surface area contributed by atoms with Crippen LogP contribution in [-0.4, -0.2) is 115 Å². The van der Waals surface area contributed by atoms with Crippen LogP contribution in [0.5, 0.6) is 0 Å². The number of carbonyl (C=O) groups is 3. The number of likely N-dealkylation sites (tertiary alicyclic amines) is 2. The molecule has 41 heavy (non-hydrogen) atoms. The minimum absolute atomic E-state index is 0.0881. The van der Waals surface area contributed by atoms with Crippen LogP contribution >= 0.6 is 0 Å². The number of ether oxygens (including phenoxy) is 2. The van der Waals surface area contributed by atoms with Crippen molar-refractivity contribution in [1.29, 1.82) is 0 Å². The third kappa shape index (κ3) is 5.76. The molecule has 3 fully saturated rings. The largest absolute Gasteiger partial charge is 0.436 e. The highest BCUT2D eigenvalue weighted by Crippen LogP contribution is 2.32. The standard InChI is InChI=1S/C26H34N8O7/c1-3-28-23(37)20-18(35)19(36)25(41-20)34-13-29-17-21(27)30-16(31-22(17)34)6-4-5-14-7-11-33(12-8-14)26(39)40-15-9-10-32(2)24(15)38/h13-15,18-20,25,35-36H,3,5,7-12H2,1-2H3,(H,28,37)(H2,27,30,31). The lowest BCUT2D eigenvalue weighted by Gasteiger charge is -2.31. The van der Waals surface area contributed by atoms with E-state index in [0.29, 0.717) is 39.0 Å². The van der Waals surface area contributed by atoms with E-state index in [1.165, 1.54) is 10.9 Å². The molecule has 5 rings (SSSR count). The topological polar surface area (TPSA) is 198 Å². The van der Waals surface area contributed by atoms with Gasteiger partial charge in [-0.25, -0.2) is 19.7 Å². The number of aliphatic hydroxyl groups excluding tert-OH is 2. The molecule has 0 saturated carbocycles. The number of amides is 3. The first kappa shape index (κ1) is 28.5. The first-order valence-corrected chi connectivity index (χ1v) is 13.7. The van der Waals surface area contributed by atoms with Gasteiger partial charge in [-0.15, -0.1) is 0 Å². The average Bonchev–Trinajstić information content (AvgIpc) is 3.61. The van der Waals surface area contributed by atoms with Crippen molar-refractivity contribution in [3.63, 3.8) is 0 Å². The molecule has 0 spiro atoms. The SMILES string of the molecule is CCNC(=O)C1OC(n2cnc3c(N)nc(C#CCC4CCN(C(=O)OC5CCN(C)C5=O)CC4)nc32)C(O)C1O. The Kier molecular flexibility index (Phi) is 8.25. The number of carbonyl (C=O) groups excluding carboxylic acids is 3. The van der Waals surface area contributed by atoms with E-state index in [2.05, 4.69) is 32.1 Å². The van der Waals surface area contributed by atoms with Crippen molar-refractivity contribution in [3.05, 3.63) is 12.2 Å². The van der Waals surface area contributed by atoms with E-state index in [9.17, 15) is 24.6 Å². The number of nitrogen functional groups attached to an aromatic ring is 1. The summed E-state index contributed by atoms with van der Waals surface area (Å²) in [6.07, 6.45) is -2.49. The minimum Gasteiger partial charge on any atom is -0.436 e. The van der Waals surface area contributed by atoms with E-state index in [4.69, 9.17) is 15.2 Å². The van der Waals surface area contributed by atoms with E-state index < -0.39 is 42.6 Å². The van der Waals surface area contributed by atoms with Crippen LogP contribution in [0.25, 0.3) is 11.2 Å². The molecule has 0 aliphatic carbocycles. The molecular formula is C26H34N8O7. The number of aliphatic hydroxyl groups is 2. The van der Waals surface area contributed by atoms with Gasteiger partial charge in [0, 0.05) is 46.1 Å². The fourth-order valence-corrected chi connectivity index (χ4v) is 5.25. The molecule has 15 nitrogen and oxygen atoms in total. The molecule has 5 atom stereocenters. The van der Waals surface area contributed by atoms with Crippen molar-refractivity contribution in [2.75, 3.05) is 39.0 Å². The normalized spacial score (nSPS) is 26.7. The number of anilines is 1. The Bertz CT molecular complexity index is 1380. The molecule has 5 N–H and O–H groups in total. The fraction of sp³-hybridized carbons (Fsp3) is 0.615. The van der Waals surface area contributed by atoms with E-state index in [1.54, 1.807) is 23.8 Å². The number of hydrogen-bond donors (Lipinski definition) is 4. The lowest BCUT2D eigenvalue weighted by Crippen LogP contribution is -2.42. The summed E-state index contributed by atoms with van der Waals surface area (Å²) in [5.41, 5.74) is 6.61. The number of piperidine rings is 1. The number of imidazole rings is 1. The smallest absolute Gasteiger partial charge is 0.410 e. The summed E-state index contributed by atoms with van der Waals surface area (Å²) in [7, 11) is 1.69. The third-order valence-corrected chi connectivity index (χ3v) is 7.66. The van der Waals surface area contributed by atoms with Crippen molar-refractivity contribution in [1.82, 2.24) is 34.6 Å². The Hall–Kier alpha value is -4.00. The van der Waals surface area contributed by atoms with Crippen LogP contribution in [0.3, 0.4) is 0 Å². The second-order valence-corrected chi connectivity index (χ2v) is 10.4. The Morgan fingerprint density at radius 3 is 2.63 bits per heavy atom. The van der Waals surface area contributed by atoms with Gasteiger partial charge in [0.05, 0.1) is 6.33 Å². The first-order chi connectivity index (χ1) is 19.7. The van der Waals surface area contributed by atoms with Gasteiger partial charge in [0.1, 0.15) is 17.7 Å². The first-order valence-electron chi connectivity index (χ1n) is 13.7. The van der Waals surface area contributed by atoms with E-state index in [1.807, 2.05) is 0 Å². The molecule has 2 aromatic rings. The summed E-state index contributed by atoms with van der Waals surface area (Å²) < 4.78 is 12.5. The van der Waals surface area contributed by atoms with Crippen LogP contribution in [0.2, 0.25) is 0 Å². The Balaban J connectivity index is 1.20. The maximum absolute atomic E-state index is 12.5. The maximum atomic E-state index is 12.5. The number of aromatic nitrogens is 4. The van der Waals surface area contributed by atoms with Crippen LogP contribution in [0.4, 0.5) is 10.6 Å². The molecule has 3 aliphatic heterocycles. The predicted molar refractivity (Wildman–Crippen MR) is 143 cm³/mol. The average molecular weight is 571 g/mol. The van der Waals surface area contributed by atoms with Crippen LogP contribution in [0, 0.1) is 17.8 Å². The van der Waals surface area contributed by atoms with Gasteiger partial charge in [0.25, 0.3) is 11.8 Å². The van der Waals surface area contributed by atoms with Crippen LogP contribution < -0.4 is 11.1 Å². The number of nitrogens with two attached hydrogens (primary N) is 1. The molecule has 3 aliphatic rings. The summed E-state index contributed by atoms with van der Waals surface area (Å²) in [5.74, 6) is 5.81. The summed E-state index contributed by atoms with van der Waals surface area (Å²) in [6, 6.07) is 0. The molecule has 220 valence electrons. The molecule has 5 heterocycles. The molecule has 0 radical (unpaired) electrons. The zero-order valence-electron chi connectivity index (χ0n) is 22.9. The molecule has 0 aromatic carbocycles. The van der Waals surface area contributed by atoms with Crippen molar-refractivity contribution < 1.29 is 34.1 Å². The highest BCUT2D eigenvalue weighted by atomic mass is 16.6. The number of hydrogen-bond acceptors (Lipinski definition) is 11. The lowest BCUT2D eigenvalue weighted by molar-refractivity contribution is -0.137. The molecule has 2 aromatic heterocycles. The number of rotatable bonds is 5. The van der Waals surface area contributed by atoms with E-state index in [0.717, 1.165) is 12.8 Å². The Labute approximate surface area is 236 Å². The Morgan fingerprint density at radius 1 is 1.20 bits per heavy atom. The number of fused-ring (bicyclic) bond motifs is 1. The summed E-state index contributed by atoms with van der Waals surface area (Å²) in [6.45, 7) is 3.70. The van der Waals surface area contributed by atoms with Gasteiger partial charge in [0.15, 0.2) is 29.9 Å². The molecule has 15 heteroatoms. The van der Waals surface area contributed by atoms with Gasteiger partial charge >= 0.3 is 6.09 Å². The third-order valence-electron chi connectivity index (χ3n) is 7.66. The highest BCUT2D eigenvalue weighted by molar-refractivity contribution is 5.85. The van der Waals surface area contributed by atoms with Crippen LogP contribution in [0.15, 0.2) is 6.33 Å². The van der Waals surface area contributed by atoms with Crippen LogP contribution in [-0.2, 0) is 19.1 Å². The highest BCUT2D eigenvalue weighted by Gasteiger charge is 2.47. The quantitative estimate of drug-likeness (QED) is 0.321. The van der Waals surface area contributed by atoms with Crippen molar-refractivity contribution >= 4 is 34.9 Å². The lowest BCUT2D eigenvalue weighted by atomic mass is 9.94. The van der Waals surface area contributed by atoms with Gasteiger partial charge in [-0.3, -0.25) is 14.2 Å². The van der Waals surface area contributed by atoms with Gasteiger partial charge in [-0.1, -0.05) is 5.92 Å². The zero-order valence-corrected chi connectivity index (χ0v) is 22.9. The van der Waals surface area contributed by atoms with Crippen molar-refractivity contribution in [2.45, 2.75) is 63.3 Å². The van der Waals surface area contributed by atoms with Crippen molar-refractivity contribution in [2.24, 2.45) is 5.92 Å². The molecule has 3 amide bonds. The molecule has 0 bridgehead atoms. The monoisotopic (exact) mass is 570 g/mol. The van der Waals surface area contributed by atoms with Gasteiger partial charge in [0.2, 0.25) is 5.82 Å². The van der Waals surface area contributed by atoms with Gasteiger partial charge in [-0.05, 0) is 31.6 Å². The molecular weight excluding hydrogens is 536 g/mol. The summed E-state index contributed by atoms with van der Waals surface area (Å²) in [4.78, 5) is 52.8. The number of nitrogens with zero attached hydrogens (tertiary/aromatic N) is 6. The second-order valence-electron chi connectivity index (χ2n) is 10.4. The van der Waals surface area contributed by atoms with E-state index in [-0.39, 0.29) is 34.6 Å². The van der Waals surface area contributed by atoms with Gasteiger partial charge in [-0.2, -0.15) is 0 Å².